The summed E-state index contributed by atoms with van der Waals surface area (Å²) in [7, 11) is 0. The first-order valence-electron chi connectivity index (χ1n) is 7.54. The first-order valence-corrected chi connectivity index (χ1v) is 8.52. The van der Waals surface area contributed by atoms with Gasteiger partial charge in [0.25, 0.3) is 0 Å². The summed E-state index contributed by atoms with van der Waals surface area (Å²) in [5, 5.41) is 0. The van der Waals surface area contributed by atoms with Gasteiger partial charge in [-0.1, -0.05) is 0 Å². The maximum Gasteiger partial charge on any atom is 0.151 e. The average molecular weight is 284 g/mol. The van der Waals surface area contributed by atoms with Crippen LogP contribution in [0.5, 0.6) is 0 Å². The minimum Gasteiger partial charge on any atom is -0.381 e. The maximum atomic E-state index is 12.8. The van der Waals surface area contributed by atoms with Crippen LogP contribution in [0.1, 0.15) is 45.4 Å². The van der Waals surface area contributed by atoms with E-state index in [1.165, 1.54) is 6.42 Å². The molecule has 3 rings (SSSR count). The molecule has 2 atom stereocenters. The summed E-state index contributed by atoms with van der Waals surface area (Å²) in [6.45, 7) is 4.47. The SMILES string of the molecule is CC1(C(=O)C2CCOC3(CCOCC3)C2)CCCS1. The zero-order valence-electron chi connectivity index (χ0n) is 11.8. The fraction of sp³-hybridized carbons (Fsp3) is 0.933. The minimum atomic E-state index is -0.117. The first kappa shape index (κ1) is 13.9. The van der Waals surface area contributed by atoms with Crippen molar-refractivity contribution in [2.45, 2.75) is 55.8 Å². The highest BCUT2D eigenvalue weighted by atomic mass is 32.2. The van der Waals surface area contributed by atoms with Crippen LogP contribution < -0.4 is 0 Å². The predicted octanol–water partition coefficient (Wildman–Crippen LogP) is 2.82. The van der Waals surface area contributed by atoms with Crippen LogP contribution in [0.25, 0.3) is 0 Å². The van der Waals surface area contributed by atoms with Crippen molar-refractivity contribution < 1.29 is 14.3 Å². The van der Waals surface area contributed by atoms with Crippen molar-refractivity contribution in [1.82, 2.24) is 0 Å². The van der Waals surface area contributed by atoms with Gasteiger partial charge in [-0.05, 0) is 51.2 Å². The molecule has 3 saturated heterocycles. The van der Waals surface area contributed by atoms with Crippen LogP contribution in [0.4, 0.5) is 0 Å². The van der Waals surface area contributed by atoms with E-state index in [2.05, 4.69) is 6.92 Å². The van der Waals surface area contributed by atoms with E-state index < -0.39 is 0 Å². The summed E-state index contributed by atoms with van der Waals surface area (Å²) in [6.07, 6.45) is 6.00. The van der Waals surface area contributed by atoms with E-state index in [-0.39, 0.29) is 16.3 Å². The molecule has 0 N–H and O–H groups in total. The number of ketones is 1. The van der Waals surface area contributed by atoms with Crippen molar-refractivity contribution in [3.05, 3.63) is 0 Å². The van der Waals surface area contributed by atoms with Crippen molar-refractivity contribution in [2.24, 2.45) is 5.92 Å². The summed E-state index contributed by atoms with van der Waals surface area (Å²) in [5.41, 5.74) is -0.0591. The molecule has 3 aliphatic rings. The number of rotatable bonds is 2. The highest BCUT2D eigenvalue weighted by Gasteiger charge is 2.46. The quantitative estimate of drug-likeness (QED) is 0.781. The third-order valence-electron chi connectivity index (χ3n) is 5.01. The van der Waals surface area contributed by atoms with Gasteiger partial charge in [0, 0.05) is 25.7 Å². The molecule has 1 spiro atoms. The van der Waals surface area contributed by atoms with E-state index in [4.69, 9.17) is 9.47 Å². The molecule has 0 amide bonds. The van der Waals surface area contributed by atoms with Gasteiger partial charge in [-0.3, -0.25) is 4.79 Å². The summed E-state index contributed by atoms with van der Waals surface area (Å²) in [5.74, 6) is 1.84. The molecule has 2 unspecified atom stereocenters. The Morgan fingerprint density at radius 1 is 1.21 bits per heavy atom. The van der Waals surface area contributed by atoms with Crippen molar-refractivity contribution in [2.75, 3.05) is 25.6 Å². The number of hydrogen-bond acceptors (Lipinski definition) is 4. The van der Waals surface area contributed by atoms with Crippen LogP contribution in [-0.4, -0.2) is 41.7 Å². The Hall–Kier alpha value is -0.0600. The second kappa shape index (κ2) is 5.38. The summed E-state index contributed by atoms with van der Waals surface area (Å²) in [4.78, 5) is 12.8. The molecule has 108 valence electrons. The normalized spacial score (nSPS) is 38.5. The summed E-state index contributed by atoms with van der Waals surface area (Å²) >= 11 is 1.87. The molecule has 19 heavy (non-hydrogen) atoms. The molecular formula is C15H24O3S. The van der Waals surface area contributed by atoms with Crippen LogP contribution in [-0.2, 0) is 14.3 Å². The molecule has 3 aliphatic heterocycles. The molecule has 0 aromatic rings. The molecule has 0 aliphatic carbocycles. The Morgan fingerprint density at radius 3 is 2.68 bits per heavy atom. The second-order valence-electron chi connectivity index (χ2n) is 6.38. The maximum absolute atomic E-state index is 12.8. The highest BCUT2D eigenvalue weighted by Crippen LogP contribution is 2.44. The first-order chi connectivity index (χ1) is 9.14. The molecule has 4 heteroatoms. The third-order valence-corrected chi connectivity index (χ3v) is 6.54. The van der Waals surface area contributed by atoms with E-state index in [0.29, 0.717) is 5.78 Å². The lowest BCUT2D eigenvalue weighted by molar-refractivity contribution is -0.158. The minimum absolute atomic E-state index is 0.0591. The average Bonchev–Trinajstić information content (AvgIpc) is 2.87. The fourth-order valence-electron chi connectivity index (χ4n) is 3.75. The summed E-state index contributed by atoms with van der Waals surface area (Å²) < 4.78 is 11.4. The molecule has 0 saturated carbocycles. The highest BCUT2D eigenvalue weighted by molar-refractivity contribution is 8.01. The number of carbonyl (C=O) groups excluding carboxylic acids is 1. The van der Waals surface area contributed by atoms with Gasteiger partial charge < -0.3 is 9.47 Å². The Labute approximate surface area is 119 Å². The van der Waals surface area contributed by atoms with Crippen LogP contribution in [0.15, 0.2) is 0 Å². The third kappa shape index (κ3) is 2.72. The van der Waals surface area contributed by atoms with Gasteiger partial charge in [0.1, 0.15) is 0 Å². The fourth-order valence-corrected chi connectivity index (χ4v) is 5.09. The number of hydrogen-bond donors (Lipinski definition) is 0. The van der Waals surface area contributed by atoms with Gasteiger partial charge in [0.2, 0.25) is 0 Å². The number of thioether (sulfide) groups is 1. The Morgan fingerprint density at radius 2 is 2.00 bits per heavy atom. The second-order valence-corrected chi connectivity index (χ2v) is 7.98. The van der Waals surface area contributed by atoms with Crippen LogP contribution in [0, 0.1) is 5.92 Å². The lowest BCUT2D eigenvalue weighted by Gasteiger charge is -2.44. The molecule has 0 aromatic heterocycles. The number of Topliss-reactive ketones (excluding diaryl/α,β-unsaturated/α-hetero) is 1. The Kier molecular flexibility index (Phi) is 3.93. The lowest BCUT2D eigenvalue weighted by atomic mass is 9.76. The predicted molar refractivity (Wildman–Crippen MR) is 76.6 cm³/mol. The zero-order chi connectivity index (χ0) is 13.3. The van der Waals surface area contributed by atoms with Gasteiger partial charge in [-0.2, -0.15) is 0 Å². The van der Waals surface area contributed by atoms with E-state index in [9.17, 15) is 4.79 Å². The lowest BCUT2D eigenvalue weighted by Crippen LogP contribution is -2.48. The number of ether oxygens (including phenoxy) is 2. The Balaban J connectivity index is 1.69. The molecular weight excluding hydrogens is 260 g/mol. The van der Waals surface area contributed by atoms with Gasteiger partial charge in [0.15, 0.2) is 5.78 Å². The van der Waals surface area contributed by atoms with E-state index in [1.807, 2.05) is 11.8 Å². The zero-order valence-corrected chi connectivity index (χ0v) is 12.6. The standard InChI is InChI=1S/C15H24O3S/c1-14(4-2-10-19-14)13(16)12-3-7-18-15(11-12)5-8-17-9-6-15/h12H,2-11H2,1H3. The van der Waals surface area contributed by atoms with Crippen molar-refractivity contribution >= 4 is 17.5 Å². The molecule has 3 heterocycles. The van der Waals surface area contributed by atoms with Crippen molar-refractivity contribution in [3.8, 4) is 0 Å². The number of carbonyl (C=O) groups is 1. The van der Waals surface area contributed by atoms with Crippen LogP contribution in [0.3, 0.4) is 0 Å². The van der Waals surface area contributed by atoms with Gasteiger partial charge >= 0.3 is 0 Å². The van der Waals surface area contributed by atoms with Gasteiger partial charge in [0.05, 0.1) is 10.3 Å². The molecule has 3 nitrogen and oxygen atoms in total. The van der Waals surface area contributed by atoms with Gasteiger partial charge in [-0.25, -0.2) is 0 Å². The van der Waals surface area contributed by atoms with E-state index >= 15 is 0 Å². The van der Waals surface area contributed by atoms with Crippen molar-refractivity contribution in [3.63, 3.8) is 0 Å². The van der Waals surface area contributed by atoms with Crippen LogP contribution in [0.2, 0.25) is 0 Å². The molecule has 0 aromatic carbocycles. The van der Waals surface area contributed by atoms with E-state index in [0.717, 1.165) is 57.7 Å². The van der Waals surface area contributed by atoms with Crippen molar-refractivity contribution in [1.29, 1.82) is 0 Å². The largest absolute Gasteiger partial charge is 0.381 e. The Bertz CT molecular complexity index is 338. The molecule has 0 radical (unpaired) electrons. The smallest absolute Gasteiger partial charge is 0.151 e. The van der Waals surface area contributed by atoms with E-state index in [1.54, 1.807) is 0 Å². The molecule has 0 bridgehead atoms. The van der Waals surface area contributed by atoms with Gasteiger partial charge in [-0.15, -0.1) is 11.8 Å². The molecule has 3 fully saturated rings. The summed E-state index contributed by atoms with van der Waals surface area (Å²) in [6, 6.07) is 0. The monoisotopic (exact) mass is 284 g/mol. The topological polar surface area (TPSA) is 35.5 Å². The van der Waals surface area contributed by atoms with Crippen LogP contribution >= 0.6 is 11.8 Å².